The predicted molar refractivity (Wildman–Crippen MR) is 75.8 cm³/mol. The van der Waals surface area contributed by atoms with E-state index in [-0.39, 0.29) is 10.2 Å². The van der Waals surface area contributed by atoms with Crippen LogP contribution in [0, 0.1) is 0 Å². The van der Waals surface area contributed by atoms with Gasteiger partial charge in [-0.2, -0.15) is 13.2 Å². The van der Waals surface area contributed by atoms with Crippen LogP contribution in [0.1, 0.15) is 27.6 Å². The van der Waals surface area contributed by atoms with E-state index in [9.17, 15) is 27.6 Å². The second-order valence-electron chi connectivity index (χ2n) is 4.27. The lowest BCUT2D eigenvalue weighted by molar-refractivity contribution is -0.154. The fraction of sp³-hybridized carbons (Fsp3) is 0.385. The Hall–Kier alpha value is -2.17. The van der Waals surface area contributed by atoms with Crippen LogP contribution in [0.5, 0.6) is 5.88 Å². The zero-order valence-corrected chi connectivity index (χ0v) is 14.0. The molecule has 132 valence electrons. The molecular weight excluding hydrogens is 403 g/mol. The van der Waals surface area contributed by atoms with Crippen molar-refractivity contribution < 1.29 is 41.8 Å². The molecule has 11 heteroatoms. The first-order valence-corrected chi connectivity index (χ1v) is 6.99. The van der Waals surface area contributed by atoms with E-state index in [1.807, 2.05) is 0 Å². The predicted octanol–water partition coefficient (Wildman–Crippen LogP) is 2.32. The van der Waals surface area contributed by atoms with Gasteiger partial charge in [-0.05, 0) is 22.0 Å². The van der Waals surface area contributed by atoms with E-state index in [0.29, 0.717) is 0 Å². The highest BCUT2D eigenvalue weighted by Crippen LogP contribution is 2.27. The van der Waals surface area contributed by atoms with Crippen molar-refractivity contribution in [2.75, 3.05) is 20.3 Å². The molecule has 1 rings (SSSR count). The third-order valence-corrected chi connectivity index (χ3v) is 2.83. The van der Waals surface area contributed by atoms with E-state index in [1.54, 1.807) is 0 Å². The Kier molecular flexibility index (Phi) is 6.70. The van der Waals surface area contributed by atoms with E-state index in [4.69, 9.17) is 0 Å². The van der Waals surface area contributed by atoms with Crippen LogP contribution in [0.2, 0.25) is 0 Å². The summed E-state index contributed by atoms with van der Waals surface area (Å²) in [5.74, 6) is -3.45. The number of hydrogen-bond donors (Lipinski definition) is 0. The fourth-order valence-corrected chi connectivity index (χ4v) is 1.90. The second-order valence-corrected chi connectivity index (χ2v) is 5.08. The molecule has 0 aliphatic carbocycles. The Balaban J connectivity index is 3.30. The molecule has 0 N–H and O–H groups in total. The maximum Gasteiger partial charge on any atom is 0.422 e. The third-order valence-electron chi connectivity index (χ3n) is 2.42. The molecule has 0 aliphatic heterocycles. The van der Waals surface area contributed by atoms with Crippen LogP contribution < -0.4 is 4.74 Å². The van der Waals surface area contributed by atoms with Crippen LogP contribution in [-0.2, 0) is 14.3 Å². The summed E-state index contributed by atoms with van der Waals surface area (Å²) in [7, 11) is 0.970. The van der Waals surface area contributed by atoms with Crippen molar-refractivity contribution in [2.45, 2.75) is 13.1 Å². The summed E-state index contributed by atoms with van der Waals surface area (Å²) in [6.45, 7) is -1.37. The number of carbonyl (C=O) groups excluding carboxylic acids is 3. The topological polar surface area (TPSA) is 91.8 Å². The molecule has 0 spiro atoms. The van der Waals surface area contributed by atoms with E-state index in [2.05, 4.69) is 35.1 Å². The molecule has 0 saturated carbocycles. The van der Waals surface area contributed by atoms with Crippen molar-refractivity contribution in [1.29, 1.82) is 0 Å². The Labute approximate surface area is 142 Å². The first kappa shape index (κ1) is 19.9. The van der Waals surface area contributed by atoms with Gasteiger partial charge in [-0.25, -0.2) is 9.78 Å². The molecule has 24 heavy (non-hydrogen) atoms. The van der Waals surface area contributed by atoms with Gasteiger partial charge in [-0.3, -0.25) is 9.59 Å². The number of alkyl halides is 3. The minimum Gasteiger partial charge on any atom is -0.467 e. The van der Waals surface area contributed by atoms with Gasteiger partial charge in [0.1, 0.15) is 10.2 Å². The van der Waals surface area contributed by atoms with E-state index in [1.165, 1.54) is 0 Å². The molecule has 0 saturated heterocycles. The summed E-state index contributed by atoms with van der Waals surface area (Å²) in [6, 6.07) is 1.08. The smallest absolute Gasteiger partial charge is 0.422 e. The number of esters is 2. The van der Waals surface area contributed by atoms with Gasteiger partial charge >= 0.3 is 18.1 Å². The van der Waals surface area contributed by atoms with Gasteiger partial charge in [-0.1, -0.05) is 0 Å². The minimum absolute atomic E-state index is 0.0569. The van der Waals surface area contributed by atoms with Crippen LogP contribution in [0.15, 0.2) is 10.7 Å². The summed E-state index contributed by atoms with van der Waals surface area (Å²) < 4.78 is 50.4. The molecule has 1 aromatic heterocycles. The number of methoxy groups -OCH3 is 1. The van der Waals surface area contributed by atoms with Gasteiger partial charge in [-0.15, -0.1) is 0 Å². The zero-order valence-electron chi connectivity index (χ0n) is 12.4. The lowest BCUT2D eigenvalue weighted by atomic mass is 10.1. The van der Waals surface area contributed by atoms with E-state index >= 15 is 0 Å². The lowest BCUT2D eigenvalue weighted by Crippen LogP contribution is -2.23. The number of nitrogens with zero attached hydrogens (tertiary/aromatic N) is 1. The molecule has 0 radical (unpaired) electrons. The summed E-state index contributed by atoms with van der Waals surface area (Å²) in [5, 5.41) is 0. The van der Waals surface area contributed by atoms with Crippen molar-refractivity contribution in [3.8, 4) is 5.88 Å². The van der Waals surface area contributed by atoms with E-state index < -0.39 is 48.6 Å². The molecule has 1 heterocycles. The fourth-order valence-electron chi connectivity index (χ4n) is 1.51. The maximum absolute atomic E-state index is 12.3. The summed E-state index contributed by atoms with van der Waals surface area (Å²) in [5.41, 5.74) is -0.954. The monoisotopic (exact) mass is 413 g/mol. The highest BCUT2D eigenvalue weighted by atomic mass is 79.9. The quantitative estimate of drug-likeness (QED) is 0.401. The molecule has 0 aliphatic rings. The largest absolute Gasteiger partial charge is 0.467 e. The van der Waals surface area contributed by atoms with Crippen LogP contribution in [0.25, 0.3) is 0 Å². The van der Waals surface area contributed by atoms with E-state index in [0.717, 1.165) is 20.1 Å². The highest BCUT2D eigenvalue weighted by Gasteiger charge is 2.32. The van der Waals surface area contributed by atoms with Crippen molar-refractivity contribution in [1.82, 2.24) is 4.98 Å². The molecule has 0 bridgehead atoms. The molecule has 1 aromatic rings. The van der Waals surface area contributed by atoms with Crippen LogP contribution >= 0.6 is 15.9 Å². The van der Waals surface area contributed by atoms with Crippen molar-refractivity contribution >= 4 is 33.7 Å². The average Bonchev–Trinajstić information content (AvgIpc) is 2.48. The number of aromatic nitrogens is 1. The Bertz CT molecular complexity index is 662. The number of rotatable bonds is 6. The molecule has 7 nitrogen and oxygen atoms in total. The number of halogens is 4. The van der Waals surface area contributed by atoms with Gasteiger partial charge in [0.2, 0.25) is 11.7 Å². The van der Waals surface area contributed by atoms with Crippen molar-refractivity contribution in [3.05, 3.63) is 21.8 Å². The normalized spacial score (nSPS) is 10.9. The summed E-state index contributed by atoms with van der Waals surface area (Å²) in [4.78, 5) is 38.3. The number of pyridine rings is 1. The molecule has 0 amide bonds. The third kappa shape index (κ3) is 5.80. The SMILES string of the molecule is COC(=O)c1c(C(=O)COC(C)=O)cc(Br)nc1OCC(F)(F)F. The lowest BCUT2D eigenvalue weighted by Gasteiger charge is -2.14. The number of hydrogen-bond acceptors (Lipinski definition) is 7. The molecule has 0 fully saturated rings. The van der Waals surface area contributed by atoms with Gasteiger partial charge in [0.25, 0.3) is 0 Å². The van der Waals surface area contributed by atoms with Crippen LogP contribution in [-0.4, -0.2) is 49.2 Å². The number of ether oxygens (including phenoxy) is 3. The molecular formula is C13H11BrF3NO6. The Morgan fingerprint density at radius 3 is 2.42 bits per heavy atom. The number of Topliss-reactive ketones (excluding diaryl/α,β-unsaturated/α-hetero) is 1. The minimum atomic E-state index is -4.68. The standard InChI is InChI=1S/C13H11BrF3NO6/c1-6(19)23-4-8(20)7-3-9(14)18-11(10(7)12(21)22-2)24-5-13(15,16)17/h3H,4-5H2,1-2H3. The van der Waals surface area contributed by atoms with Gasteiger partial charge < -0.3 is 14.2 Å². The zero-order chi connectivity index (χ0) is 18.5. The number of ketones is 1. The highest BCUT2D eigenvalue weighted by molar-refractivity contribution is 9.10. The van der Waals surface area contributed by atoms with Crippen molar-refractivity contribution in [3.63, 3.8) is 0 Å². The van der Waals surface area contributed by atoms with Gasteiger partial charge in [0.05, 0.1) is 7.11 Å². The second kappa shape index (κ2) is 8.08. The van der Waals surface area contributed by atoms with Gasteiger partial charge in [0, 0.05) is 12.5 Å². The summed E-state index contributed by atoms with van der Waals surface area (Å²) in [6.07, 6.45) is -4.68. The first-order chi connectivity index (χ1) is 11.0. The first-order valence-electron chi connectivity index (χ1n) is 6.20. The summed E-state index contributed by atoms with van der Waals surface area (Å²) >= 11 is 2.90. The maximum atomic E-state index is 12.3. The van der Waals surface area contributed by atoms with Crippen LogP contribution in [0.3, 0.4) is 0 Å². The Morgan fingerprint density at radius 1 is 1.29 bits per heavy atom. The van der Waals surface area contributed by atoms with Crippen molar-refractivity contribution in [2.24, 2.45) is 0 Å². The van der Waals surface area contributed by atoms with Gasteiger partial charge in [0.15, 0.2) is 13.2 Å². The molecule has 0 atom stereocenters. The van der Waals surface area contributed by atoms with Crippen LogP contribution in [0.4, 0.5) is 13.2 Å². The molecule has 0 unspecified atom stereocenters. The average molecular weight is 414 g/mol. The Morgan fingerprint density at radius 2 is 1.92 bits per heavy atom. The number of carbonyl (C=O) groups is 3. The molecule has 0 aromatic carbocycles.